The van der Waals surface area contributed by atoms with E-state index in [1.165, 1.54) is 7.11 Å². The molecule has 1 N–H and O–H groups in total. The van der Waals surface area contributed by atoms with Gasteiger partial charge in [0, 0.05) is 12.6 Å². The van der Waals surface area contributed by atoms with Gasteiger partial charge >= 0.3 is 5.97 Å². The lowest BCUT2D eigenvalue weighted by atomic mass is 9.91. The monoisotopic (exact) mass is 270 g/mol. The van der Waals surface area contributed by atoms with Crippen molar-refractivity contribution >= 4 is 5.97 Å². The van der Waals surface area contributed by atoms with E-state index in [1.54, 1.807) is 0 Å². The fourth-order valence-corrected chi connectivity index (χ4v) is 2.75. The number of carbonyl (C=O) groups excluding carboxylic acids is 1. The van der Waals surface area contributed by atoms with Crippen molar-refractivity contribution in [1.29, 1.82) is 0 Å². The maximum absolute atomic E-state index is 12.3. The Morgan fingerprint density at radius 2 is 2.00 bits per heavy atom. The summed E-state index contributed by atoms with van der Waals surface area (Å²) in [7, 11) is 3.59. The number of carbonyl (C=O) groups is 1. The molecule has 1 fully saturated rings. The number of hydrogen-bond donors (Lipinski definition) is 1. The molecule has 0 bridgehead atoms. The van der Waals surface area contributed by atoms with Gasteiger partial charge in [-0.3, -0.25) is 0 Å². The summed E-state index contributed by atoms with van der Waals surface area (Å²) in [5, 5.41) is 3.42. The number of nitrogens with one attached hydrogen (secondary N) is 1. The summed E-state index contributed by atoms with van der Waals surface area (Å²) in [5.41, 5.74) is -0.526. The van der Waals surface area contributed by atoms with Crippen LogP contribution in [0.3, 0.4) is 0 Å². The number of esters is 1. The molecule has 0 heterocycles. The van der Waals surface area contributed by atoms with E-state index in [2.05, 4.69) is 38.0 Å². The molecule has 1 saturated carbocycles. The first kappa shape index (κ1) is 16.4. The lowest BCUT2D eigenvalue weighted by Crippen LogP contribution is -2.61. The molecular weight excluding hydrogens is 240 g/mol. The molecule has 0 aliphatic heterocycles. The highest BCUT2D eigenvalue weighted by Gasteiger charge is 2.52. The zero-order valence-electron chi connectivity index (χ0n) is 13.3. The second-order valence-electron chi connectivity index (χ2n) is 6.17. The highest BCUT2D eigenvalue weighted by molar-refractivity contribution is 5.82. The standard InChI is InChI=1S/C15H30N2O2/c1-7-16-15(13-8-9-13,14(18)19-6)10-17(5)12(4)11(2)3/h11-13,16H,7-10H2,1-6H3. The summed E-state index contributed by atoms with van der Waals surface area (Å²) < 4.78 is 5.08. The Labute approximate surface area is 117 Å². The van der Waals surface area contributed by atoms with Crippen LogP contribution < -0.4 is 5.32 Å². The number of hydrogen-bond acceptors (Lipinski definition) is 4. The molecule has 2 atom stereocenters. The van der Waals surface area contributed by atoms with Gasteiger partial charge in [0.2, 0.25) is 0 Å². The first-order valence-electron chi connectivity index (χ1n) is 7.42. The minimum absolute atomic E-state index is 0.111. The van der Waals surface area contributed by atoms with Crippen LogP contribution in [0, 0.1) is 11.8 Å². The molecule has 0 aromatic heterocycles. The van der Waals surface area contributed by atoms with Gasteiger partial charge in [-0.25, -0.2) is 4.79 Å². The number of ether oxygens (including phenoxy) is 1. The van der Waals surface area contributed by atoms with Crippen molar-refractivity contribution in [2.45, 2.75) is 52.1 Å². The van der Waals surface area contributed by atoms with E-state index in [4.69, 9.17) is 4.74 Å². The van der Waals surface area contributed by atoms with Crippen molar-refractivity contribution in [3.63, 3.8) is 0 Å². The molecule has 2 unspecified atom stereocenters. The topological polar surface area (TPSA) is 41.6 Å². The molecule has 0 saturated heterocycles. The highest BCUT2D eigenvalue weighted by atomic mass is 16.5. The summed E-state index contributed by atoms with van der Waals surface area (Å²) >= 11 is 0. The molecule has 0 amide bonds. The van der Waals surface area contributed by atoms with Gasteiger partial charge in [0.05, 0.1) is 7.11 Å². The third kappa shape index (κ3) is 3.69. The normalized spacial score (nSPS) is 20.4. The summed E-state index contributed by atoms with van der Waals surface area (Å²) in [6.45, 7) is 10.2. The van der Waals surface area contributed by atoms with Gasteiger partial charge in [-0.15, -0.1) is 0 Å². The zero-order chi connectivity index (χ0) is 14.6. The van der Waals surface area contributed by atoms with Crippen LogP contribution in [0.15, 0.2) is 0 Å². The molecular formula is C15H30N2O2. The van der Waals surface area contributed by atoms with Crippen molar-refractivity contribution in [2.75, 3.05) is 27.2 Å². The van der Waals surface area contributed by atoms with Crippen LogP contribution in [0.5, 0.6) is 0 Å². The molecule has 1 aliphatic carbocycles. The zero-order valence-corrected chi connectivity index (χ0v) is 13.3. The van der Waals surface area contributed by atoms with Gasteiger partial charge in [-0.1, -0.05) is 20.8 Å². The van der Waals surface area contributed by atoms with E-state index in [0.29, 0.717) is 17.9 Å². The Morgan fingerprint density at radius 3 is 2.37 bits per heavy atom. The quantitative estimate of drug-likeness (QED) is 0.684. The van der Waals surface area contributed by atoms with Crippen molar-refractivity contribution in [3.05, 3.63) is 0 Å². The molecule has 112 valence electrons. The third-order valence-electron chi connectivity index (χ3n) is 4.48. The van der Waals surface area contributed by atoms with E-state index in [1.807, 2.05) is 6.92 Å². The van der Waals surface area contributed by atoms with E-state index in [-0.39, 0.29) is 5.97 Å². The maximum atomic E-state index is 12.3. The van der Waals surface area contributed by atoms with Crippen molar-refractivity contribution < 1.29 is 9.53 Å². The van der Waals surface area contributed by atoms with Gasteiger partial charge < -0.3 is 15.0 Å². The van der Waals surface area contributed by atoms with E-state index < -0.39 is 5.54 Å². The van der Waals surface area contributed by atoms with Crippen LogP contribution in [-0.4, -0.2) is 49.7 Å². The first-order chi connectivity index (χ1) is 8.89. The predicted molar refractivity (Wildman–Crippen MR) is 78.1 cm³/mol. The number of methoxy groups -OCH3 is 1. The van der Waals surface area contributed by atoms with Gasteiger partial charge in [0.25, 0.3) is 0 Å². The van der Waals surface area contributed by atoms with Crippen LogP contribution in [0.1, 0.15) is 40.5 Å². The SMILES string of the molecule is CCNC(CN(C)C(C)C(C)C)(C(=O)OC)C1CC1. The van der Waals surface area contributed by atoms with Crippen molar-refractivity contribution in [3.8, 4) is 0 Å². The van der Waals surface area contributed by atoms with E-state index >= 15 is 0 Å². The van der Waals surface area contributed by atoms with Crippen LogP contribution in [-0.2, 0) is 9.53 Å². The molecule has 1 rings (SSSR count). The largest absolute Gasteiger partial charge is 0.468 e. The second-order valence-corrected chi connectivity index (χ2v) is 6.17. The van der Waals surface area contributed by atoms with Gasteiger partial charge in [0.1, 0.15) is 5.54 Å². The van der Waals surface area contributed by atoms with Crippen LogP contribution in [0.4, 0.5) is 0 Å². The van der Waals surface area contributed by atoms with Crippen LogP contribution in [0.25, 0.3) is 0 Å². The van der Waals surface area contributed by atoms with Gasteiger partial charge in [-0.05, 0) is 45.2 Å². The highest BCUT2D eigenvalue weighted by Crippen LogP contribution is 2.41. The molecule has 1 aliphatic rings. The van der Waals surface area contributed by atoms with Crippen LogP contribution >= 0.6 is 0 Å². The fraction of sp³-hybridized carbons (Fsp3) is 0.933. The average molecular weight is 270 g/mol. The summed E-state index contributed by atoms with van der Waals surface area (Å²) in [6, 6.07) is 0.446. The molecule has 0 aromatic carbocycles. The minimum Gasteiger partial charge on any atom is -0.468 e. The Bertz CT molecular complexity index is 303. The van der Waals surface area contributed by atoms with Gasteiger partial charge in [0.15, 0.2) is 0 Å². The smallest absolute Gasteiger partial charge is 0.327 e. The average Bonchev–Trinajstić information content (AvgIpc) is 3.20. The molecule has 19 heavy (non-hydrogen) atoms. The van der Waals surface area contributed by atoms with Gasteiger partial charge in [-0.2, -0.15) is 0 Å². The van der Waals surface area contributed by atoms with E-state index in [0.717, 1.165) is 25.9 Å². The molecule has 0 aromatic rings. The summed E-state index contributed by atoms with van der Waals surface area (Å²) in [5.74, 6) is 0.877. The Kier molecular flexibility index (Phi) is 5.81. The molecule has 0 spiro atoms. The first-order valence-corrected chi connectivity index (χ1v) is 7.42. The molecule has 4 nitrogen and oxygen atoms in total. The van der Waals surface area contributed by atoms with Crippen LogP contribution in [0.2, 0.25) is 0 Å². The number of nitrogens with zero attached hydrogens (tertiary/aromatic N) is 1. The fourth-order valence-electron chi connectivity index (χ4n) is 2.75. The second kappa shape index (κ2) is 6.71. The lowest BCUT2D eigenvalue weighted by Gasteiger charge is -2.39. The summed E-state index contributed by atoms with van der Waals surface area (Å²) in [4.78, 5) is 14.6. The predicted octanol–water partition coefficient (Wildman–Crippen LogP) is 1.89. The number of rotatable bonds is 8. The summed E-state index contributed by atoms with van der Waals surface area (Å²) in [6.07, 6.45) is 2.23. The Morgan fingerprint density at radius 1 is 1.42 bits per heavy atom. The third-order valence-corrected chi connectivity index (χ3v) is 4.48. The maximum Gasteiger partial charge on any atom is 0.327 e. The molecule has 4 heteroatoms. The van der Waals surface area contributed by atoms with Crippen molar-refractivity contribution in [2.24, 2.45) is 11.8 Å². The van der Waals surface area contributed by atoms with Crippen molar-refractivity contribution in [1.82, 2.24) is 10.2 Å². The minimum atomic E-state index is -0.526. The van der Waals surface area contributed by atoms with E-state index in [9.17, 15) is 4.79 Å². The Balaban J connectivity index is 2.87. The molecule has 0 radical (unpaired) electrons. The number of likely N-dealkylation sites (N-methyl/N-ethyl adjacent to an activating group) is 2. The Hall–Kier alpha value is -0.610. The lowest BCUT2D eigenvalue weighted by molar-refractivity contribution is -0.151.